The molecule has 112 valence electrons. The summed E-state index contributed by atoms with van der Waals surface area (Å²) >= 11 is 0. The minimum atomic E-state index is -0.484. The highest BCUT2D eigenvalue weighted by Crippen LogP contribution is 2.14. The van der Waals surface area contributed by atoms with E-state index in [4.69, 9.17) is 4.74 Å². The molecule has 2 rings (SSSR count). The monoisotopic (exact) mass is 288 g/mol. The summed E-state index contributed by atoms with van der Waals surface area (Å²) in [5.74, 6) is 0.810. The van der Waals surface area contributed by atoms with E-state index in [9.17, 15) is 4.79 Å². The molecule has 0 saturated heterocycles. The molecule has 0 aromatic carbocycles. The molecule has 6 nitrogen and oxygen atoms in total. The van der Waals surface area contributed by atoms with Gasteiger partial charge in [0.2, 0.25) is 0 Å². The van der Waals surface area contributed by atoms with Crippen molar-refractivity contribution in [1.82, 2.24) is 20.3 Å². The molecule has 6 heteroatoms. The normalized spacial score (nSPS) is 11.2. The number of H-pyrrole nitrogens is 1. The van der Waals surface area contributed by atoms with E-state index in [-0.39, 0.29) is 0 Å². The van der Waals surface area contributed by atoms with E-state index in [1.807, 2.05) is 32.9 Å². The molecule has 21 heavy (non-hydrogen) atoms. The molecular weight excluding hydrogens is 268 g/mol. The Labute approximate surface area is 124 Å². The summed E-state index contributed by atoms with van der Waals surface area (Å²) in [7, 11) is 0. The smallest absolute Gasteiger partial charge is 0.407 e. The van der Waals surface area contributed by atoms with Gasteiger partial charge in [-0.3, -0.25) is 4.98 Å². The number of pyridine rings is 1. The van der Waals surface area contributed by atoms with Crippen LogP contribution in [0.25, 0.3) is 11.3 Å². The third-order valence-electron chi connectivity index (χ3n) is 2.63. The first-order valence-corrected chi connectivity index (χ1v) is 6.85. The van der Waals surface area contributed by atoms with Crippen LogP contribution in [0, 0.1) is 0 Å². The quantitative estimate of drug-likeness (QED) is 0.906. The molecule has 0 aliphatic heterocycles. The van der Waals surface area contributed by atoms with Crippen molar-refractivity contribution in [3.05, 3.63) is 36.5 Å². The van der Waals surface area contributed by atoms with Crippen LogP contribution in [0.15, 0.2) is 30.7 Å². The van der Waals surface area contributed by atoms with Crippen LogP contribution in [0.5, 0.6) is 0 Å². The number of nitrogens with zero attached hydrogens (tertiary/aromatic N) is 2. The number of amides is 1. The van der Waals surface area contributed by atoms with Crippen LogP contribution in [0.2, 0.25) is 0 Å². The fourth-order valence-corrected chi connectivity index (χ4v) is 1.76. The van der Waals surface area contributed by atoms with Gasteiger partial charge in [0.25, 0.3) is 0 Å². The summed E-state index contributed by atoms with van der Waals surface area (Å²) in [6, 6.07) is 3.84. The molecule has 0 atom stereocenters. The zero-order valence-electron chi connectivity index (χ0n) is 12.5. The van der Waals surface area contributed by atoms with Gasteiger partial charge in [-0.1, -0.05) is 0 Å². The molecule has 0 aliphatic rings. The van der Waals surface area contributed by atoms with Gasteiger partial charge in [0.15, 0.2) is 0 Å². The maximum atomic E-state index is 11.5. The van der Waals surface area contributed by atoms with Gasteiger partial charge < -0.3 is 15.0 Å². The summed E-state index contributed by atoms with van der Waals surface area (Å²) in [6.07, 6.45) is 5.46. The number of rotatable bonds is 4. The van der Waals surface area contributed by atoms with Crippen molar-refractivity contribution in [2.45, 2.75) is 32.8 Å². The van der Waals surface area contributed by atoms with Crippen molar-refractivity contribution in [1.29, 1.82) is 0 Å². The van der Waals surface area contributed by atoms with Crippen LogP contribution in [-0.4, -0.2) is 33.2 Å². The Morgan fingerprint density at radius 2 is 2.19 bits per heavy atom. The number of ether oxygens (including phenoxy) is 1. The molecule has 0 bridgehead atoms. The Kier molecular flexibility index (Phi) is 4.57. The van der Waals surface area contributed by atoms with Crippen LogP contribution in [0.1, 0.15) is 26.6 Å². The highest BCUT2D eigenvalue weighted by molar-refractivity contribution is 5.67. The number of aromatic nitrogens is 3. The first-order chi connectivity index (χ1) is 9.94. The fourth-order valence-electron chi connectivity index (χ4n) is 1.76. The van der Waals surface area contributed by atoms with Crippen molar-refractivity contribution in [2.24, 2.45) is 0 Å². The lowest BCUT2D eigenvalue weighted by molar-refractivity contribution is 0.0528. The molecule has 0 saturated carbocycles. The van der Waals surface area contributed by atoms with Gasteiger partial charge in [0, 0.05) is 30.9 Å². The maximum absolute atomic E-state index is 11.5. The summed E-state index contributed by atoms with van der Waals surface area (Å²) in [4.78, 5) is 23.1. The number of hydrogen-bond acceptors (Lipinski definition) is 4. The van der Waals surface area contributed by atoms with E-state index < -0.39 is 11.7 Å². The topological polar surface area (TPSA) is 79.9 Å². The summed E-state index contributed by atoms with van der Waals surface area (Å²) < 4.78 is 5.16. The molecule has 0 fully saturated rings. The van der Waals surface area contributed by atoms with Crippen LogP contribution < -0.4 is 5.32 Å². The second-order valence-electron chi connectivity index (χ2n) is 5.66. The Hall–Kier alpha value is -2.37. The minimum Gasteiger partial charge on any atom is -0.444 e. The van der Waals surface area contributed by atoms with E-state index in [0.717, 1.165) is 17.1 Å². The second-order valence-corrected chi connectivity index (χ2v) is 5.66. The Balaban J connectivity index is 1.83. The first kappa shape index (κ1) is 15.0. The highest BCUT2D eigenvalue weighted by Gasteiger charge is 2.15. The molecule has 2 N–H and O–H groups in total. The zero-order chi connectivity index (χ0) is 15.3. The first-order valence-electron chi connectivity index (χ1n) is 6.85. The SMILES string of the molecule is CC(C)(C)OC(=O)NCCc1ncc(-c2cccnc2)[nH]1. The fraction of sp³-hybridized carbons (Fsp3) is 0.400. The Morgan fingerprint density at radius 1 is 1.38 bits per heavy atom. The average molecular weight is 288 g/mol. The van der Waals surface area contributed by atoms with Crippen LogP contribution in [0.3, 0.4) is 0 Å². The van der Waals surface area contributed by atoms with E-state index in [1.54, 1.807) is 18.6 Å². The van der Waals surface area contributed by atoms with E-state index in [2.05, 4.69) is 20.3 Å². The lowest BCUT2D eigenvalue weighted by Gasteiger charge is -2.19. The molecule has 0 unspecified atom stereocenters. The maximum Gasteiger partial charge on any atom is 0.407 e. The van der Waals surface area contributed by atoms with Crippen LogP contribution in [0.4, 0.5) is 4.79 Å². The predicted molar refractivity (Wildman–Crippen MR) is 79.8 cm³/mol. The van der Waals surface area contributed by atoms with Crippen molar-refractivity contribution in [3.8, 4) is 11.3 Å². The van der Waals surface area contributed by atoms with Gasteiger partial charge in [0.1, 0.15) is 11.4 Å². The lowest BCUT2D eigenvalue weighted by atomic mass is 10.2. The minimum absolute atomic E-state index is 0.415. The van der Waals surface area contributed by atoms with Crippen LogP contribution in [-0.2, 0) is 11.2 Å². The van der Waals surface area contributed by atoms with E-state index in [0.29, 0.717) is 13.0 Å². The van der Waals surface area contributed by atoms with E-state index >= 15 is 0 Å². The molecule has 0 spiro atoms. The van der Waals surface area contributed by atoms with Crippen LogP contribution >= 0.6 is 0 Å². The molecule has 2 aromatic rings. The van der Waals surface area contributed by atoms with Gasteiger partial charge in [-0.05, 0) is 32.9 Å². The number of hydrogen-bond donors (Lipinski definition) is 2. The third-order valence-corrected chi connectivity index (χ3v) is 2.63. The van der Waals surface area contributed by atoms with Crippen molar-refractivity contribution in [2.75, 3.05) is 6.54 Å². The number of carbonyl (C=O) groups is 1. The van der Waals surface area contributed by atoms with Gasteiger partial charge in [-0.15, -0.1) is 0 Å². The second kappa shape index (κ2) is 6.39. The number of nitrogens with one attached hydrogen (secondary N) is 2. The molecule has 2 aromatic heterocycles. The van der Waals surface area contributed by atoms with Crippen molar-refractivity contribution in [3.63, 3.8) is 0 Å². The molecule has 0 aliphatic carbocycles. The van der Waals surface area contributed by atoms with Crippen molar-refractivity contribution < 1.29 is 9.53 Å². The van der Waals surface area contributed by atoms with E-state index in [1.165, 1.54) is 0 Å². The Morgan fingerprint density at radius 3 is 2.86 bits per heavy atom. The lowest BCUT2D eigenvalue weighted by Crippen LogP contribution is -2.33. The molecule has 1 amide bonds. The van der Waals surface area contributed by atoms with Crippen molar-refractivity contribution >= 4 is 6.09 Å². The standard InChI is InChI=1S/C15H20N4O2/c1-15(2,3)21-14(20)17-8-6-13-18-10-12(19-13)11-5-4-7-16-9-11/h4-5,7,9-10H,6,8H2,1-3H3,(H,17,20)(H,18,19). The molecule has 2 heterocycles. The summed E-state index contributed by atoms with van der Waals surface area (Å²) in [6.45, 7) is 5.97. The molecule has 0 radical (unpaired) electrons. The highest BCUT2D eigenvalue weighted by atomic mass is 16.6. The zero-order valence-corrected chi connectivity index (χ0v) is 12.5. The summed E-state index contributed by atoms with van der Waals surface area (Å²) in [5.41, 5.74) is 1.41. The number of aromatic amines is 1. The number of alkyl carbamates (subject to hydrolysis) is 1. The van der Waals surface area contributed by atoms with Gasteiger partial charge in [0.05, 0.1) is 11.9 Å². The largest absolute Gasteiger partial charge is 0.444 e. The van der Waals surface area contributed by atoms with Gasteiger partial charge >= 0.3 is 6.09 Å². The predicted octanol–water partition coefficient (Wildman–Crippen LogP) is 2.54. The number of carbonyl (C=O) groups excluding carboxylic acids is 1. The van der Waals surface area contributed by atoms with Gasteiger partial charge in [-0.2, -0.15) is 0 Å². The average Bonchev–Trinajstić information content (AvgIpc) is 2.86. The summed E-state index contributed by atoms with van der Waals surface area (Å²) in [5, 5.41) is 2.70. The third kappa shape index (κ3) is 4.91. The van der Waals surface area contributed by atoms with Gasteiger partial charge in [-0.25, -0.2) is 9.78 Å². The number of imidazole rings is 1. The molecular formula is C15H20N4O2. The Bertz CT molecular complexity index is 587.